The molecule has 1 aliphatic rings. The van der Waals surface area contributed by atoms with Crippen molar-refractivity contribution in [3.63, 3.8) is 0 Å². The Kier molecular flexibility index (Phi) is 8.77. The number of nitrogens with one attached hydrogen (secondary N) is 1. The second-order valence-electron chi connectivity index (χ2n) is 7.15. The van der Waals surface area contributed by atoms with Crippen molar-refractivity contribution in [2.24, 2.45) is 5.73 Å². The summed E-state index contributed by atoms with van der Waals surface area (Å²) in [7, 11) is 0. The topological polar surface area (TPSA) is 97.0 Å². The summed E-state index contributed by atoms with van der Waals surface area (Å²) < 4.78 is 14.2. The van der Waals surface area contributed by atoms with Crippen molar-refractivity contribution in [3.05, 3.63) is 47.0 Å². The summed E-state index contributed by atoms with van der Waals surface area (Å²) in [4.78, 5) is 27.4. The van der Waals surface area contributed by atoms with Crippen molar-refractivity contribution in [2.75, 3.05) is 18.4 Å². The number of aromatic nitrogens is 3. The smallest absolute Gasteiger partial charge is 0.274 e. The lowest BCUT2D eigenvalue weighted by molar-refractivity contribution is 0.0450. The van der Waals surface area contributed by atoms with E-state index in [2.05, 4.69) is 20.3 Å². The number of rotatable bonds is 4. The highest BCUT2D eigenvalue weighted by Gasteiger charge is 2.39. The first-order valence-corrected chi connectivity index (χ1v) is 9.41. The quantitative estimate of drug-likeness (QED) is 0.571. The molecule has 3 aromatic rings. The van der Waals surface area contributed by atoms with Crippen LogP contribution in [0.3, 0.4) is 0 Å². The SMILES string of the molecule is C[C@H](Nc1nc(C(=O)N2CC(C)(N)C2)c2sccc2n1)c1cncc(F)c1.Cl.Cl.Cl. The molecular weight excluding hydrogens is 474 g/mol. The van der Waals surface area contributed by atoms with E-state index in [1.807, 2.05) is 25.3 Å². The van der Waals surface area contributed by atoms with Crippen LogP contribution in [0.4, 0.5) is 10.3 Å². The number of nitrogens with two attached hydrogens (primary N) is 1. The van der Waals surface area contributed by atoms with Gasteiger partial charge in [0.25, 0.3) is 5.91 Å². The third kappa shape index (κ3) is 5.28. The van der Waals surface area contributed by atoms with Crippen LogP contribution in [0, 0.1) is 5.82 Å². The van der Waals surface area contributed by atoms with E-state index in [-0.39, 0.29) is 54.7 Å². The Morgan fingerprint density at radius 3 is 2.63 bits per heavy atom. The summed E-state index contributed by atoms with van der Waals surface area (Å²) in [6, 6.07) is 2.98. The Morgan fingerprint density at radius 1 is 1.30 bits per heavy atom. The molecule has 1 amide bonds. The highest BCUT2D eigenvalue weighted by Crippen LogP contribution is 2.28. The van der Waals surface area contributed by atoms with E-state index in [1.165, 1.54) is 17.4 Å². The van der Waals surface area contributed by atoms with E-state index >= 15 is 0 Å². The number of halogens is 4. The Bertz CT molecular complexity index is 1030. The number of anilines is 1. The summed E-state index contributed by atoms with van der Waals surface area (Å²) in [5, 5.41) is 5.01. The standard InChI is InChI=1S/C18H19FN6OS.3ClH/c1-10(11-5-12(19)7-21-6-11)22-17-23-13-3-4-27-15(13)14(24-17)16(26)25-8-18(2,20)9-25;;;/h3-7,10H,8-9,20H2,1-2H3,(H,22,23,24);3*1H/t10-;;;/m0.../s1. The minimum atomic E-state index is -0.408. The number of thiophene rings is 1. The zero-order chi connectivity index (χ0) is 19.2. The summed E-state index contributed by atoms with van der Waals surface area (Å²) >= 11 is 1.43. The number of hydrogen-bond acceptors (Lipinski definition) is 7. The Hall–Kier alpha value is -1.78. The molecular formula is C18H22Cl3FN6OS. The third-order valence-electron chi connectivity index (χ3n) is 4.47. The van der Waals surface area contributed by atoms with E-state index in [4.69, 9.17) is 5.73 Å². The van der Waals surface area contributed by atoms with Crippen LogP contribution in [0.1, 0.15) is 35.9 Å². The molecule has 1 fully saturated rings. The third-order valence-corrected chi connectivity index (χ3v) is 5.38. The summed E-state index contributed by atoms with van der Waals surface area (Å²) in [6.45, 7) is 4.77. The molecule has 0 bridgehead atoms. The first-order valence-electron chi connectivity index (χ1n) is 8.53. The molecule has 3 aromatic heterocycles. The van der Waals surface area contributed by atoms with Gasteiger partial charge in [-0.3, -0.25) is 9.78 Å². The van der Waals surface area contributed by atoms with Crippen LogP contribution >= 0.6 is 48.6 Å². The number of pyridine rings is 1. The zero-order valence-corrected chi connectivity index (χ0v) is 19.4. The molecule has 0 radical (unpaired) electrons. The molecule has 4 rings (SSSR count). The normalized spacial score (nSPS) is 15.1. The van der Waals surface area contributed by atoms with Crippen LogP contribution in [0.25, 0.3) is 10.2 Å². The molecule has 164 valence electrons. The molecule has 0 unspecified atom stereocenters. The molecule has 30 heavy (non-hydrogen) atoms. The van der Waals surface area contributed by atoms with Crippen LogP contribution < -0.4 is 11.1 Å². The molecule has 1 saturated heterocycles. The Morgan fingerprint density at radius 2 is 2.00 bits per heavy atom. The van der Waals surface area contributed by atoms with Gasteiger partial charge in [0.05, 0.1) is 22.5 Å². The fourth-order valence-corrected chi connectivity index (χ4v) is 3.95. The van der Waals surface area contributed by atoms with Crippen molar-refractivity contribution < 1.29 is 9.18 Å². The van der Waals surface area contributed by atoms with Crippen molar-refractivity contribution in [1.82, 2.24) is 19.9 Å². The van der Waals surface area contributed by atoms with Crippen molar-refractivity contribution in [1.29, 1.82) is 0 Å². The molecule has 12 heteroatoms. The van der Waals surface area contributed by atoms with Crippen LogP contribution in [0.15, 0.2) is 29.9 Å². The lowest BCUT2D eigenvalue weighted by atomic mass is 9.93. The van der Waals surface area contributed by atoms with Gasteiger partial charge in [0.2, 0.25) is 5.95 Å². The number of likely N-dealkylation sites (tertiary alicyclic amines) is 1. The van der Waals surface area contributed by atoms with Crippen molar-refractivity contribution in [2.45, 2.75) is 25.4 Å². The number of hydrogen-bond donors (Lipinski definition) is 2. The maximum atomic E-state index is 13.4. The van der Waals surface area contributed by atoms with E-state index in [0.29, 0.717) is 35.8 Å². The molecule has 0 saturated carbocycles. The van der Waals surface area contributed by atoms with E-state index in [1.54, 1.807) is 11.1 Å². The van der Waals surface area contributed by atoms with Gasteiger partial charge >= 0.3 is 0 Å². The fourth-order valence-electron chi connectivity index (χ4n) is 3.13. The molecule has 1 aliphatic heterocycles. The second kappa shape index (κ2) is 10.0. The maximum absolute atomic E-state index is 13.4. The molecule has 3 N–H and O–H groups in total. The second-order valence-corrected chi connectivity index (χ2v) is 8.06. The fraction of sp³-hybridized carbons (Fsp3) is 0.333. The van der Waals surface area contributed by atoms with E-state index < -0.39 is 5.82 Å². The van der Waals surface area contributed by atoms with Crippen LogP contribution in [0.5, 0.6) is 0 Å². The lowest BCUT2D eigenvalue weighted by Gasteiger charge is -2.45. The van der Waals surface area contributed by atoms with Crippen molar-refractivity contribution >= 4 is 70.6 Å². The van der Waals surface area contributed by atoms with Gasteiger partial charge in [0, 0.05) is 24.8 Å². The summed E-state index contributed by atoms with van der Waals surface area (Å²) in [6.07, 6.45) is 2.73. The van der Waals surface area contributed by atoms with Gasteiger partial charge in [-0.05, 0) is 36.9 Å². The summed E-state index contributed by atoms with van der Waals surface area (Å²) in [5.74, 6) is -0.248. The van der Waals surface area contributed by atoms with Crippen molar-refractivity contribution in [3.8, 4) is 0 Å². The van der Waals surface area contributed by atoms with Gasteiger partial charge in [0.15, 0.2) is 5.69 Å². The molecule has 1 atom stereocenters. The highest BCUT2D eigenvalue weighted by atomic mass is 35.5. The van der Waals surface area contributed by atoms with E-state index in [9.17, 15) is 9.18 Å². The Labute approximate surface area is 195 Å². The molecule has 0 spiro atoms. The van der Waals surface area contributed by atoms with Gasteiger partial charge in [0.1, 0.15) is 5.82 Å². The zero-order valence-electron chi connectivity index (χ0n) is 16.2. The number of carbonyl (C=O) groups excluding carboxylic acids is 1. The predicted molar refractivity (Wildman–Crippen MR) is 124 cm³/mol. The number of carbonyl (C=O) groups is 1. The van der Waals surface area contributed by atoms with Gasteiger partial charge in [-0.1, -0.05) is 0 Å². The van der Waals surface area contributed by atoms with Gasteiger partial charge in [-0.15, -0.1) is 48.6 Å². The maximum Gasteiger partial charge on any atom is 0.274 e. The molecule has 4 heterocycles. The monoisotopic (exact) mass is 494 g/mol. The minimum Gasteiger partial charge on any atom is -0.348 e. The lowest BCUT2D eigenvalue weighted by Crippen LogP contribution is -2.66. The van der Waals surface area contributed by atoms with Crippen LogP contribution in [-0.2, 0) is 0 Å². The van der Waals surface area contributed by atoms with E-state index in [0.717, 1.165) is 10.9 Å². The Balaban J connectivity index is 0.00000150. The number of nitrogens with zero attached hydrogens (tertiary/aromatic N) is 4. The summed E-state index contributed by atoms with van der Waals surface area (Å²) in [5.41, 5.74) is 7.39. The largest absolute Gasteiger partial charge is 0.348 e. The van der Waals surface area contributed by atoms with Gasteiger partial charge < -0.3 is 16.0 Å². The first-order chi connectivity index (χ1) is 12.8. The highest BCUT2D eigenvalue weighted by molar-refractivity contribution is 7.17. The molecule has 7 nitrogen and oxygen atoms in total. The van der Waals surface area contributed by atoms with Gasteiger partial charge in [-0.2, -0.15) is 0 Å². The molecule has 0 aliphatic carbocycles. The van der Waals surface area contributed by atoms with Crippen LogP contribution in [0.2, 0.25) is 0 Å². The first kappa shape index (κ1) is 26.3. The van der Waals surface area contributed by atoms with Crippen LogP contribution in [-0.4, -0.2) is 44.4 Å². The number of amides is 1. The molecule has 0 aromatic carbocycles. The predicted octanol–water partition coefficient (Wildman–Crippen LogP) is 3.84. The average molecular weight is 496 g/mol. The van der Waals surface area contributed by atoms with Gasteiger partial charge in [-0.25, -0.2) is 14.4 Å². The average Bonchev–Trinajstić information content (AvgIpc) is 3.06. The number of fused-ring (bicyclic) bond motifs is 1. The minimum absolute atomic E-state index is 0.